The van der Waals surface area contributed by atoms with Crippen molar-refractivity contribution in [1.29, 1.82) is 0 Å². The summed E-state index contributed by atoms with van der Waals surface area (Å²) < 4.78 is 5.19. The maximum absolute atomic E-state index is 5.64. The largest absolute Gasteiger partial charge is 0.497 e. The minimum absolute atomic E-state index is 0.595. The number of anilines is 1. The lowest BCUT2D eigenvalue weighted by Crippen LogP contribution is -2.25. The number of methoxy groups -OCH3 is 1. The molecule has 2 rings (SSSR count). The second-order valence-electron chi connectivity index (χ2n) is 5.05. The molecule has 21 heavy (non-hydrogen) atoms. The average Bonchev–Trinajstić information content (AvgIpc) is 2.56. The zero-order chi connectivity index (χ0) is 15.1. The molecule has 0 heterocycles. The molecular formula is C18H24N2O. The number of benzene rings is 2. The van der Waals surface area contributed by atoms with E-state index in [-0.39, 0.29) is 0 Å². The number of hydrogen-bond donors (Lipinski definition) is 1. The zero-order valence-corrected chi connectivity index (χ0v) is 12.9. The number of nitrogens with zero attached hydrogens (tertiary/aromatic N) is 1. The molecule has 3 nitrogen and oxygen atoms in total. The predicted molar refractivity (Wildman–Crippen MR) is 88.9 cm³/mol. The fraction of sp³-hybridized carbons (Fsp3) is 0.333. The summed E-state index contributed by atoms with van der Waals surface area (Å²) in [6, 6.07) is 16.8. The van der Waals surface area contributed by atoms with Crippen molar-refractivity contribution in [2.75, 3.05) is 25.1 Å². The van der Waals surface area contributed by atoms with Crippen molar-refractivity contribution in [3.63, 3.8) is 0 Å². The van der Waals surface area contributed by atoms with Gasteiger partial charge in [0, 0.05) is 25.3 Å². The molecule has 112 valence electrons. The summed E-state index contributed by atoms with van der Waals surface area (Å²) in [6.45, 7) is 4.78. The first-order valence-electron chi connectivity index (χ1n) is 7.43. The Balaban J connectivity index is 1.97. The van der Waals surface area contributed by atoms with E-state index in [1.54, 1.807) is 7.11 Å². The van der Waals surface area contributed by atoms with E-state index in [2.05, 4.69) is 48.2 Å². The van der Waals surface area contributed by atoms with E-state index in [0.29, 0.717) is 6.54 Å². The van der Waals surface area contributed by atoms with Crippen LogP contribution >= 0.6 is 0 Å². The van der Waals surface area contributed by atoms with Crippen LogP contribution in [0.3, 0.4) is 0 Å². The molecule has 0 aliphatic heterocycles. The van der Waals surface area contributed by atoms with Gasteiger partial charge in [0.2, 0.25) is 0 Å². The molecule has 3 heteroatoms. The summed E-state index contributed by atoms with van der Waals surface area (Å²) in [4.78, 5) is 2.38. The third-order valence-electron chi connectivity index (χ3n) is 3.75. The van der Waals surface area contributed by atoms with Gasteiger partial charge in [-0.15, -0.1) is 0 Å². The van der Waals surface area contributed by atoms with Gasteiger partial charge < -0.3 is 15.4 Å². The third kappa shape index (κ3) is 4.23. The lowest BCUT2D eigenvalue weighted by atomic mass is 10.1. The number of nitrogens with two attached hydrogens (primary N) is 1. The Kier molecular flexibility index (Phi) is 5.64. The van der Waals surface area contributed by atoms with Gasteiger partial charge in [0.15, 0.2) is 0 Å². The Bertz CT molecular complexity index is 534. The molecule has 0 amide bonds. The number of hydrogen-bond acceptors (Lipinski definition) is 3. The Labute approximate surface area is 127 Å². The monoisotopic (exact) mass is 284 g/mol. The van der Waals surface area contributed by atoms with Gasteiger partial charge in [0.1, 0.15) is 5.75 Å². The van der Waals surface area contributed by atoms with Crippen LogP contribution in [0.5, 0.6) is 5.75 Å². The Hall–Kier alpha value is -2.00. The summed E-state index contributed by atoms with van der Waals surface area (Å²) in [5, 5.41) is 0. The average molecular weight is 284 g/mol. The summed E-state index contributed by atoms with van der Waals surface area (Å²) in [5.41, 5.74) is 9.39. The van der Waals surface area contributed by atoms with Crippen LogP contribution in [0.1, 0.15) is 18.1 Å². The molecule has 2 aromatic rings. The van der Waals surface area contributed by atoms with Gasteiger partial charge in [0.05, 0.1) is 7.11 Å². The van der Waals surface area contributed by atoms with Gasteiger partial charge >= 0.3 is 0 Å². The highest BCUT2D eigenvalue weighted by atomic mass is 16.5. The second-order valence-corrected chi connectivity index (χ2v) is 5.05. The summed E-state index contributed by atoms with van der Waals surface area (Å²) >= 11 is 0. The minimum atomic E-state index is 0.595. The fourth-order valence-electron chi connectivity index (χ4n) is 2.37. The first-order valence-corrected chi connectivity index (χ1v) is 7.43. The summed E-state index contributed by atoms with van der Waals surface area (Å²) in [6.07, 6.45) is 1.02. The Morgan fingerprint density at radius 1 is 0.952 bits per heavy atom. The molecule has 0 saturated heterocycles. The highest BCUT2D eigenvalue weighted by molar-refractivity contribution is 5.47. The van der Waals surface area contributed by atoms with Crippen LogP contribution in [0.4, 0.5) is 5.69 Å². The smallest absolute Gasteiger partial charge is 0.118 e. The van der Waals surface area contributed by atoms with Crippen LogP contribution in [-0.4, -0.2) is 20.2 Å². The number of likely N-dealkylation sites (N-methyl/N-ethyl adjacent to an activating group) is 1. The minimum Gasteiger partial charge on any atom is -0.497 e. The fourth-order valence-corrected chi connectivity index (χ4v) is 2.37. The van der Waals surface area contributed by atoms with Crippen molar-refractivity contribution in [3.05, 3.63) is 59.7 Å². The van der Waals surface area contributed by atoms with Crippen LogP contribution in [0.2, 0.25) is 0 Å². The van der Waals surface area contributed by atoms with E-state index in [1.165, 1.54) is 16.8 Å². The third-order valence-corrected chi connectivity index (χ3v) is 3.75. The maximum atomic E-state index is 5.64. The zero-order valence-electron chi connectivity index (χ0n) is 12.9. The molecule has 0 spiro atoms. The van der Waals surface area contributed by atoms with Crippen LogP contribution in [0.25, 0.3) is 0 Å². The van der Waals surface area contributed by atoms with E-state index >= 15 is 0 Å². The number of ether oxygens (including phenoxy) is 1. The van der Waals surface area contributed by atoms with Crippen molar-refractivity contribution >= 4 is 5.69 Å². The molecule has 0 radical (unpaired) electrons. The van der Waals surface area contributed by atoms with Crippen molar-refractivity contribution in [1.82, 2.24) is 0 Å². The molecule has 0 aliphatic rings. The van der Waals surface area contributed by atoms with Crippen molar-refractivity contribution in [2.45, 2.75) is 19.9 Å². The molecule has 2 aromatic carbocycles. The predicted octanol–water partition coefficient (Wildman–Crippen LogP) is 3.22. The molecule has 0 aliphatic carbocycles. The van der Waals surface area contributed by atoms with Gasteiger partial charge in [-0.05, 0) is 48.7 Å². The lowest BCUT2D eigenvalue weighted by Gasteiger charge is -2.23. The van der Waals surface area contributed by atoms with E-state index in [1.807, 2.05) is 12.1 Å². The van der Waals surface area contributed by atoms with Crippen LogP contribution < -0.4 is 15.4 Å². The SMILES string of the molecule is CCN(CCc1ccc(OC)cc1)c1ccc(CN)cc1. The second kappa shape index (κ2) is 7.70. The lowest BCUT2D eigenvalue weighted by molar-refractivity contribution is 0.414. The van der Waals surface area contributed by atoms with Gasteiger partial charge in [-0.2, -0.15) is 0 Å². The first kappa shape index (κ1) is 15.4. The van der Waals surface area contributed by atoms with Gasteiger partial charge in [-0.1, -0.05) is 24.3 Å². The molecule has 0 unspecified atom stereocenters. The van der Waals surface area contributed by atoms with Crippen LogP contribution in [-0.2, 0) is 13.0 Å². The van der Waals surface area contributed by atoms with Crippen molar-refractivity contribution in [2.24, 2.45) is 5.73 Å². The quantitative estimate of drug-likeness (QED) is 0.848. The van der Waals surface area contributed by atoms with Crippen LogP contribution in [0.15, 0.2) is 48.5 Å². The highest BCUT2D eigenvalue weighted by Gasteiger charge is 2.05. The number of rotatable bonds is 7. The van der Waals surface area contributed by atoms with E-state index in [9.17, 15) is 0 Å². The molecule has 2 N–H and O–H groups in total. The maximum Gasteiger partial charge on any atom is 0.118 e. The molecule has 0 atom stereocenters. The van der Waals surface area contributed by atoms with E-state index in [4.69, 9.17) is 10.5 Å². The topological polar surface area (TPSA) is 38.5 Å². The van der Waals surface area contributed by atoms with Crippen molar-refractivity contribution < 1.29 is 4.74 Å². The van der Waals surface area contributed by atoms with E-state index in [0.717, 1.165) is 25.3 Å². The molecule has 0 bridgehead atoms. The normalized spacial score (nSPS) is 10.4. The van der Waals surface area contributed by atoms with Gasteiger partial charge in [-0.3, -0.25) is 0 Å². The Morgan fingerprint density at radius 2 is 1.57 bits per heavy atom. The highest BCUT2D eigenvalue weighted by Crippen LogP contribution is 2.17. The van der Waals surface area contributed by atoms with Gasteiger partial charge in [-0.25, -0.2) is 0 Å². The van der Waals surface area contributed by atoms with E-state index < -0.39 is 0 Å². The molecule has 0 saturated carbocycles. The van der Waals surface area contributed by atoms with Crippen molar-refractivity contribution in [3.8, 4) is 5.75 Å². The summed E-state index contributed by atoms with van der Waals surface area (Å²) in [5.74, 6) is 0.906. The molecule has 0 aromatic heterocycles. The van der Waals surface area contributed by atoms with Gasteiger partial charge in [0.25, 0.3) is 0 Å². The molecule has 0 fully saturated rings. The summed E-state index contributed by atoms with van der Waals surface area (Å²) in [7, 11) is 1.69. The first-order chi connectivity index (χ1) is 10.3. The van der Waals surface area contributed by atoms with Crippen LogP contribution in [0, 0.1) is 0 Å². The molecular weight excluding hydrogens is 260 g/mol. The standard InChI is InChI=1S/C18H24N2O/c1-3-20(17-8-4-16(14-19)5-9-17)13-12-15-6-10-18(21-2)11-7-15/h4-11H,3,12-14,19H2,1-2H3. The Morgan fingerprint density at radius 3 is 2.10 bits per heavy atom.